The van der Waals surface area contributed by atoms with Crippen molar-refractivity contribution < 1.29 is 14.3 Å². The molecule has 1 fully saturated rings. The highest BCUT2D eigenvalue weighted by Crippen LogP contribution is 2.07. The lowest BCUT2D eigenvalue weighted by Crippen LogP contribution is -2.44. The minimum absolute atomic E-state index is 0.0125. The summed E-state index contributed by atoms with van der Waals surface area (Å²) in [6.45, 7) is 3.75. The predicted octanol–water partition coefficient (Wildman–Crippen LogP) is 0.443. The second-order valence-electron chi connectivity index (χ2n) is 6.45. The monoisotopic (exact) mass is 377 g/mol. The maximum absolute atomic E-state index is 12.2. The quantitative estimate of drug-likeness (QED) is 0.350. The Kier molecular flexibility index (Phi) is 9.57. The molecule has 1 atom stereocenters. The number of hydrogen-bond acceptors (Lipinski definition) is 5. The summed E-state index contributed by atoms with van der Waals surface area (Å²) in [6.07, 6.45) is 4.59. The first-order chi connectivity index (χ1) is 13.2. The summed E-state index contributed by atoms with van der Waals surface area (Å²) in [6, 6.07) is 5.80. The minimum atomic E-state index is 0.0125. The SMILES string of the molecule is CN=C(NCCCOC1CCOC1)NCC(=O)N(C)CCc1ccccn1. The molecule has 2 heterocycles. The second-order valence-corrected chi connectivity index (χ2v) is 6.45. The minimum Gasteiger partial charge on any atom is -0.379 e. The van der Waals surface area contributed by atoms with Crippen molar-refractivity contribution in [2.75, 3.05) is 53.6 Å². The normalized spacial score (nSPS) is 17.0. The van der Waals surface area contributed by atoms with Crippen LogP contribution in [0.1, 0.15) is 18.5 Å². The molecule has 1 aromatic heterocycles. The molecule has 1 aromatic rings. The molecule has 0 aliphatic carbocycles. The van der Waals surface area contributed by atoms with Gasteiger partial charge >= 0.3 is 0 Å². The predicted molar refractivity (Wildman–Crippen MR) is 105 cm³/mol. The molecule has 1 aliphatic heterocycles. The molecule has 2 N–H and O–H groups in total. The number of hydrogen-bond donors (Lipinski definition) is 2. The maximum atomic E-state index is 12.2. The van der Waals surface area contributed by atoms with E-state index in [2.05, 4.69) is 20.6 Å². The van der Waals surface area contributed by atoms with E-state index >= 15 is 0 Å². The number of amides is 1. The van der Waals surface area contributed by atoms with E-state index in [-0.39, 0.29) is 18.6 Å². The number of guanidine groups is 1. The third-order valence-electron chi connectivity index (χ3n) is 4.34. The zero-order valence-electron chi connectivity index (χ0n) is 16.3. The molecule has 1 amide bonds. The van der Waals surface area contributed by atoms with Crippen molar-refractivity contribution in [1.82, 2.24) is 20.5 Å². The van der Waals surface area contributed by atoms with Gasteiger partial charge in [0.25, 0.3) is 0 Å². The fraction of sp³-hybridized carbons (Fsp3) is 0.632. The zero-order chi connectivity index (χ0) is 19.3. The Morgan fingerprint density at radius 3 is 3.04 bits per heavy atom. The Labute approximate surface area is 161 Å². The van der Waals surface area contributed by atoms with Crippen LogP contribution in [0.3, 0.4) is 0 Å². The van der Waals surface area contributed by atoms with Gasteiger partial charge in [-0.05, 0) is 25.0 Å². The Morgan fingerprint density at radius 1 is 1.44 bits per heavy atom. The number of pyridine rings is 1. The van der Waals surface area contributed by atoms with Crippen LogP contribution in [-0.4, -0.2) is 81.4 Å². The molecule has 0 bridgehead atoms. The number of carbonyl (C=O) groups excluding carboxylic acids is 1. The molecule has 1 unspecified atom stereocenters. The number of carbonyl (C=O) groups is 1. The number of ether oxygens (including phenoxy) is 2. The molecule has 8 nitrogen and oxygen atoms in total. The Morgan fingerprint density at radius 2 is 2.33 bits per heavy atom. The van der Waals surface area contributed by atoms with E-state index in [1.54, 1.807) is 25.2 Å². The van der Waals surface area contributed by atoms with Gasteiger partial charge < -0.3 is 25.0 Å². The van der Waals surface area contributed by atoms with E-state index in [1.165, 1.54) is 0 Å². The standard InChI is InChI=1S/C19H31N5O3/c1-20-19(22-10-5-12-27-17-8-13-26-15-17)23-14-18(25)24(2)11-7-16-6-3-4-9-21-16/h3-4,6,9,17H,5,7-8,10-15H2,1-2H3,(H2,20,22,23). The first-order valence-corrected chi connectivity index (χ1v) is 9.46. The van der Waals surface area contributed by atoms with Gasteiger partial charge in [-0.25, -0.2) is 0 Å². The van der Waals surface area contributed by atoms with Crippen molar-refractivity contribution in [3.63, 3.8) is 0 Å². The van der Waals surface area contributed by atoms with Crippen molar-refractivity contribution in [1.29, 1.82) is 0 Å². The first-order valence-electron chi connectivity index (χ1n) is 9.46. The highest BCUT2D eigenvalue weighted by Gasteiger charge is 2.15. The zero-order valence-corrected chi connectivity index (χ0v) is 16.3. The molecule has 2 rings (SSSR count). The van der Waals surface area contributed by atoms with E-state index in [9.17, 15) is 4.79 Å². The summed E-state index contributed by atoms with van der Waals surface area (Å²) in [4.78, 5) is 22.3. The van der Waals surface area contributed by atoms with Gasteiger partial charge in [0, 0.05) is 58.7 Å². The topological polar surface area (TPSA) is 88.1 Å². The van der Waals surface area contributed by atoms with Crippen LogP contribution in [0.15, 0.2) is 29.4 Å². The van der Waals surface area contributed by atoms with Crippen LogP contribution >= 0.6 is 0 Å². The largest absolute Gasteiger partial charge is 0.379 e. The molecule has 1 aliphatic rings. The van der Waals surface area contributed by atoms with E-state index in [0.717, 1.165) is 38.1 Å². The molecular formula is C19H31N5O3. The molecule has 0 saturated carbocycles. The lowest BCUT2D eigenvalue weighted by atomic mass is 10.2. The summed E-state index contributed by atoms with van der Waals surface area (Å²) in [5, 5.41) is 6.25. The van der Waals surface area contributed by atoms with Crippen LogP contribution in [0.4, 0.5) is 0 Å². The fourth-order valence-corrected chi connectivity index (χ4v) is 2.64. The van der Waals surface area contributed by atoms with Gasteiger partial charge in [0.1, 0.15) is 0 Å². The first kappa shape index (κ1) is 21.1. The van der Waals surface area contributed by atoms with Gasteiger partial charge in [-0.15, -0.1) is 0 Å². The van der Waals surface area contributed by atoms with Gasteiger partial charge in [-0.2, -0.15) is 0 Å². The number of likely N-dealkylation sites (N-methyl/N-ethyl adjacent to an activating group) is 1. The number of rotatable bonds is 10. The number of nitrogens with one attached hydrogen (secondary N) is 2. The second kappa shape index (κ2) is 12.2. The van der Waals surface area contributed by atoms with E-state index in [4.69, 9.17) is 9.47 Å². The third-order valence-corrected chi connectivity index (χ3v) is 4.34. The van der Waals surface area contributed by atoms with Crippen molar-refractivity contribution in [2.45, 2.75) is 25.4 Å². The summed E-state index contributed by atoms with van der Waals surface area (Å²) in [5.41, 5.74) is 0.981. The lowest BCUT2D eigenvalue weighted by molar-refractivity contribution is -0.128. The number of aliphatic imine (C=N–C) groups is 1. The molecule has 0 radical (unpaired) electrons. The van der Waals surface area contributed by atoms with Gasteiger partial charge in [0.05, 0.1) is 19.3 Å². The van der Waals surface area contributed by atoms with Crippen LogP contribution in [0.5, 0.6) is 0 Å². The molecule has 0 spiro atoms. The van der Waals surface area contributed by atoms with Crippen molar-refractivity contribution in [3.05, 3.63) is 30.1 Å². The average molecular weight is 377 g/mol. The Hall–Kier alpha value is -2.19. The average Bonchev–Trinajstić information content (AvgIpc) is 3.22. The van der Waals surface area contributed by atoms with Gasteiger partial charge in [0.15, 0.2) is 5.96 Å². The highest BCUT2D eigenvalue weighted by atomic mass is 16.5. The number of nitrogens with zero attached hydrogens (tertiary/aromatic N) is 3. The lowest BCUT2D eigenvalue weighted by Gasteiger charge is -2.18. The van der Waals surface area contributed by atoms with Crippen molar-refractivity contribution >= 4 is 11.9 Å². The molecule has 150 valence electrons. The van der Waals surface area contributed by atoms with Crippen molar-refractivity contribution in [3.8, 4) is 0 Å². The molecular weight excluding hydrogens is 346 g/mol. The van der Waals surface area contributed by atoms with Crippen LogP contribution in [0.2, 0.25) is 0 Å². The van der Waals surface area contributed by atoms with Gasteiger partial charge in [0.2, 0.25) is 5.91 Å². The van der Waals surface area contributed by atoms with E-state index in [0.29, 0.717) is 25.7 Å². The summed E-state index contributed by atoms with van der Waals surface area (Å²) < 4.78 is 11.0. The third kappa shape index (κ3) is 8.36. The van der Waals surface area contributed by atoms with E-state index in [1.807, 2.05) is 18.2 Å². The van der Waals surface area contributed by atoms with Crippen LogP contribution in [0, 0.1) is 0 Å². The molecule has 1 saturated heterocycles. The van der Waals surface area contributed by atoms with Crippen LogP contribution in [0.25, 0.3) is 0 Å². The Balaban J connectivity index is 1.56. The maximum Gasteiger partial charge on any atom is 0.241 e. The van der Waals surface area contributed by atoms with Gasteiger partial charge in [-0.3, -0.25) is 14.8 Å². The molecule has 8 heteroatoms. The smallest absolute Gasteiger partial charge is 0.241 e. The molecule has 27 heavy (non-hydrogen) atoms. The highest BCUT2D eigenvalue weighted by molar-refractivity contribution is 5.86. The van der Waals surface area contributed by atoms with E-state index < -0.39 is 0 Å². The fourth-order valence-electron chi connectivity index (χ4n) is 2.64. The van der Waals surface area contributed by atoms with Crippen molar-refractivity contribution in [2.24, 2.45) is 4.99 Å². The summed E-state index contributed by atoms with van der Waals surface area (Å²) >= 11 is 0. The van der Waals surface area contributed by atoms with Crippen LogP contribution in [-0.2, 0) is 20.7 Å². The summed E-state index contributed by atoms with van der Waals surface area (Å²) in [7, 11) is 3.49. The summed E-state index contributed by atoms with van der Waals surface area (Å²) in [5.74, 6) is 0.629. The Bertz CT molecular complexity index is 576. The molecule has 0 aromatic carbocycles. The van der Waals surface area contributed by atoms with Crippen LogP contribution < -0.4 is 10.6 Å². The number of aromatic nitrogens is 1. The van der Waals surface area contributed by atoms with Gasteiger partial charge in [-0.1, -0.05) is 6.07 Å².